The monoisotopic (exact) mass is 427 g/mol. The summed E-state index contributed by atoms with van der Waals surface area (Å²) in [4.78, 5) is 0. The van der Waals surface area contributed by atoms with Gasteiger partial charge in [-0.1, -0.05) is 6.07 Å². The van der Waals surface area contributed by atoms with E-state index < -0.39 is 12.2 Å². The Kier molecular flexibility index (Phi) is 4.03. The number of halogens is 5. The zero-order valence-corrected chi connectivity index (χ0v) is 11.1. The molecule has 0 spiro atoms. The van der Waals surface area contributed by atoms with E-state index in [2.05, 4.69) is 22.6 Å². The van der Waals surface area contributed by atoms with Crippen molar-refractivity contribution < 1.29 is 13.2 Å². The van der Waals surface area contributed by atoms with Crippen molar-refractivity contribution in [2.24, 2.45) is 5.73 Å². The molecule has 1 atom stereocenters. The summed E-state index contributed by atoms with van der Waals surface area (Å²) in [6.07, 6.45) is -4.38. The molecule has 78 valence electrons. The lowest BCUT2D eigenvalue weighted by Crippen LogP contribution is -2.28. The van der Waals surface area contributed by atoms with Crippen LogP contribution in [0.15, 0.2) is 18.2 Å². The van der Waals surface area contributed by atoms with E-state index in [1.54, 1.807) is 6.07 Å². The van der Waals surface area contributed by atoms with Crippen molar-refractivity contribution in [3.8, 4) is 0 Å². The molecule has 1 aromatic carbocycles. The average molecular weight is 427 g/mol. The molecule has 0 saturated carbocycles. The fourth-order valence-corrected chi connectivity index (χ4v) is 1.77. The minimum Gasteiger partial charge on any atom is -0.316 e. The summed E-state index contributed by atoms with van der Waals surface area (Å²) in [5.41, 5.74) is 5.16. The first kappa shape index (κ1) is 12.5. The summed E-state index contributed by atoms with van der Waals surface area (Å²) >= 11 is 4.04. The molecule has 0 fully saturated rings. The molecule has 0 saturated heterocycles. The number of hydrogen-bond acceptors (Lipinski definition) is 1. The molecule has 6 heteroatoms. The number of alkyl halides is 3. The Bertz CT molecular complexity index is 338. The molecule has 14 heavy (non-hydrogen) atoms. The molecular weight excluding hydrogens is 421 g/mol. The van der Waals surface area contributed by atoms with Crippen LogP contribution in [0.5, 0.6) is 0 Å². The summed E-state index contributed by atoms with van der Waals surface area (Å²) in [5, 5.41) is 0. The van der Waals surface area contributed by atoms with Crippen molar-refractivity contribution in [3.63, 3.8) is 0 Å². The number of rotatable bonds is 1. The van der Waals surface area contributed by atoms with Gasteiger partial charge in [-0.3, -0.25) is 0 Å². The zero-order chi connectivity index (χ0) is 10.9. The van der Waals surface area contributed by atoms with Crippen LogP contribution < -0.4 is 5.73 Å². The number of hydrogen-bond donors (Lipinski definition) is 1. The van der Waals surface area contributed by atoms with Crippen LogP contribution in [0, 0.1) is 7.14 Å². The SMILES string of the molecule is N[C@H](c1ccc(I)c(I)c1)C(F)(F)F. The van der Waals surface area contributed by atoms with E-state index in [0.29, 0.717) is 0 Å². The van der Waals surface area contributed by atoms with Gasteiger partial charge in [0.25, 0.3) is 0 Å². The lowest BCUT2D eigenvalue weighted by molar-refractivity contribution is -0.149. The summed E-state index contributed by atoms with van der Waals surface area (Å²) in [6.45, 7) is 0. The van der Waals surface area contributed by atoms with Crippen LogP contribution in [0.25, 0.3) is 0 Å². The van der Waals surface area contributed by atoms with Gasteiger partial charge < -0.3 is 5.73 Å². The van der Waals surface area contributed by atoms with Gasteiger partial charge >= 0.3 is 6.18 Å². The highest BCUT2D eigenvalue weighted by Crippen LogP contribution is 2.31. The Hall–Kier alpha value is 0.430. The first-order chi connectivity index (χ1) is 6.32. The van der Waals surface area contributed by atoms with Crippen LogP contribution >= 0.6 is 45.2 Å². The predicted octanol–water partition coefficient (Wildman–Crippen LogP) is 3.46. The van der Waals surface area contributed by atoms with E-state index in [1.165, 1.54) is 12.1 Å². The highest BCUT2D eigenvalue weighted by Gasteiger charge is 2.37. The molecule has 0 aliphatic carbocycles. The van der Waals surface area contributed by atoms with Gasteiger partial charge in [-0.05, 0) is 62.9 Å². The molecule has 0 heterocycles. The highest BCUT2D eigenvalue weighted by molar-refractivity contribution is 14.1. The molecular formula is C8H6F3I2N. The molecule has 1 aromatic rings. The third-order valence-corrected chi connectivity index (χ3v) is 4.52. The fraction of sp³-hybridized carbons (Fsp3) is 0.250. The maximum atomic E-state index is 12.2. The van der Waals surface area contributed by atoms with E-state index in [4.69, 9.17) is 5.73 Å². The second-order valence-corrected chi connectivity index (χ2v) is 5.02. The smallest absolute Gasteiger partial charge is 0.316 e. The standard InChI is InChI=1S/C8H6F3I2N/c9-8(10,11)7(14)4-1-2-5(12)6(13)3-4/h1-3,7H,14H2/t7-/m1/s1. The average Bonchev–Trinajstić information content (AvgIpc) is 2.07. The lowest BCUT2D eigenvalue weighted by atomic mass is 10.1. The molecule has 2 N–H and O–H groups in total. The molecule has 0 bridgehead atoms. The van der Waals surface area contributed by atoms with Gasteiger partial charge in [-0.15, -0.1) is 0 Å². The molecule has 1 nitrogen and oxygen atoms in total. The zero-order valence-electron chi connectivity index (χ0n) is 6.78. The Morgan fingerprint density at radius 3 is 2.14 bits per heavy atom. The van der Waals surface area contributed by atoms with Crippen molar-refractivity contribution in [2.45, 2.75) is 12.2 Å². The third-order valence-electron chi connectivity index (χ3n) is 1.66. The van der Waals surface area contributed by atoms with Crippen LogP contribution in [0.4, 0.5) is 13.2 Å². The largest absolute Gasteiger partial charge is 0.407 e. The van der Waals surface area contributed by atoms with Gasteiger partial charge in [0, 0.05) is 7.14 Å². The van der Waals surface area contributed by atoms with Crippen molar-refractivity contribution >= 4 is 45.2 Å². The minimum absolute atomic E-state index is 0.0994. The van der Waals surface area contributed by atoms with Gasteiger partial charge in [0.1, 0.15) is 6.04 Å². The fourth-order valence-electron chi connectivity index (χ4n) is 0.895. The summed E-state index contributed by atoms with van der Waals surface area (Å²) < 4.78 is 38.4. The first-order valence-corrected chi connectivity index (χ1v) is 5.75. The van der Waals surface area contributed by atoms with Crippen LogP contribution in [-0.4, -0.2) is 6.18 Å². The van der Waals surface area contributed by atoms with Gasteiger partial charge in [-0.25, -0.2) is 0 Å². The van der Waals surface area contributed by atoms with Crippen LogP contribution in [0.2, 0.25) is 0 Å². The highest BCUT2D eigenvalue weighted by atomic mass is 127. The van der Waals surface area contributed by atoms with Crippen molar-refractivity contribution in [1.29, 1.82) is 0 Å². The Morgan fingerprint density at radius 2 is 1.71 bits per heavy atom. The quantitative estimate of drug-likeness (QED) is 0.684. The number of nitrogens with two attached hydrogens (primary N) is 1. The normalized spacial score (nSPS) is 14.1. The van der Waals surface area contributed by atoms with Crippen molar-refractivity contribution in [3.05, 3.63) is 30.9 Å². The van der Waals surface area contributed by atoms with Gasteiger partial charge in [-0.2, -0.15) is 13.2 Å². The van der Waals surface area contributed by atoms with Gasteiger partial charge in [0.2, 0.25) is 0 Å². The topological polar surface area (TPSA) is 26.0 Å². The van der Waals surface area contributed by atoms with Crippen LogP contribution in [0.3, 0.4) is 0 Å². The maximum absolute atomic E-state index is 12.2. The maximum Gasteiger partial charge on any atom is 0.407 e. The van der Waals surface area contributed by atoms with E-state index >= 15 is 0 Å². The Balaban J connectivity index is 3.03. The predicted molar refractivity (Wildman–Crippen MR) is 64.9 cm³/mol. The van der Waals surface area contributed by atoms with E-state index in [0.717, 1.165) is 7.14 Å². The second kappa shape index (κ2) is 4.52. The van der Waals surface area contributed by atoms with Crippen molar-refractivity contribution in [1.82, 2.24) is 0 Å². The lowest BCUT2D eigenvalue weighted by Gasteiger charge is -2.16. The van der Waals surface area contributed by atoms with Crippen molar-refractivity contribution in [2.75, 3.05) is 0 Å². The van der Waals surface area contributed by atoms with E-state index in [9.17, 15) is 13.2 Å². The van der Waals surface area contributed by atoms with Crippen LogP contribution in [0.1, 0.15) is 11.6 Å². The molecule has 0 aromatic heterocycles. The first-order valence-electron chi connectivity index (χ1n) is 3.59. The molecule has 0 amide bonds. The second-order valence-electron chi connectivity index (χ2n) is 2.69. The number of benzene rings is 1. The summed E-state index contributed by atoms with van der Waals surface area (Å²) in [7, 11) is 0. The third kappa shape index (κ3) is 2.96. The summed E-state index contributed by atoms with van der Waals surface area (Å²) in [6, 6.07) is 2.60. The Morgan fingerprint density at radius 1 is 1.14 bits per heavy atom. The van der Waals surface area contributed by atoms with Gasteiger partial charge in [0.05, 0.1) is 0 Å². The minimum atomic E-state index is -4.38. The molecule has 0 aliphatic heterocycles. The van der Waals surface area contributed by atoms with Crippen LogP contribution in [-0.2, 0) is 0 Å². The Labute approximate surface area is 107 Å². The van der Waals surface area contributed by atoms with Gasteiger partial charge in [0.15, 0.2) is 0 Å². The molecule has 1 rings (SSSR count). The summed E-state index contributed by atoms with van der Waals surface area (Å²) in [5.74, 6) is 0. The molecule has 0 radical (unpaired) electrons. The van der Waals surface area contributed by atoms with E-state index in [1.807, 2.05) is 22.6 Å². The van der Waals surface area contributed by atoms with E-state index in [-0.39, 0.29) is 5.56 Å². The molecule has 0 aliphatic rings. The molecule has 0 unspecified atom stereocenters.